The first kappa shape index (κ1) is 20.8. The number of methoxy groups -OCH3 is 1. The third kappa shape index (κ3) is 6.06. The molecule has 9 heteroatoms. The molecule has 0 radical (unpaired) electrons. The fourth-order valence-electron chi connectivity index (χ4n) is 2.52. The van der Waals surface area contributed by atoms with Crippen molar-refractivity contribution in [2.45, 2.75) is 6.92 Å². The van der Waals surface area contributed by atoms with E-state index in [-0.39, 0.29) is 30.6 Å². The minimum atomic E-state index is -0.532. The van der Waals surface area contributed by atoms with Crippen LogP contribution in [0.3, 0.4) is 0 Å². The van der Waals surface area contributed by atoms with Gasteiger partial charge >= 0.3 is 0 Å². The lowest BCUT2D eigenvalue weighted by Gasteiger charge is -2.19. The molecule has 0 bridgehead atoms. The number of carbonyl (C=O) groups is 2. The Balaban J connectivity index is 1.92. The van der Waals surface area contributed by atoms with Crippen LogP contribution in [-0.4, -0.2) is 48.4 Å². The average molecular weight is 386 g/mol. The standard InChI is InChI=1S/C19H22N4O5/c1-3-22(13-19(25)21-16-9-4-5-10-17(16)28-2)12-18(24)20-14-7-6-8-15(11-14)23(26)27/h4-11H,3,12-13H2,1-2H3,(H,20,24)(H,21,25). The first-order valence-electron chi connectivity index (χ1n) is 8.62. The molecule has 2 aromatic rings. The number of carbonyl (C=O) groups excluding carboxylic acids is 2. The first-order chi connectivity index (χ1) is 13.4. The van der Waals surface area contributed by atoms with Gasteiger partial charge in [0.1, 0.15) is 5.75 Å². The molecule has 0 aliphatic rings. The molecule has 2 amide bonds. The molecule has 0 atom stereocenters. The van der Waals surface area contributed by atoms with Crippen molar-refractivity contribution in [3.8, 4) is 5.75 Å². The maximum absolute atomic E-state index is 12.3. The van der Waals surface area contributed by atoms with Crippen LogP contribution in [-0.2, 0) is 9.59 Å². The highest BCUT2D eigenvalue weighted by Crippen LogP contribution is 2.22. The number of anilines is 2. The lowest BCUT2D eigenvalue weighted by atomic mass is 10.2. The number of rotatable bonds is 9. The molecule has 28 heavy (non-hydrogen) atoms. The van der Waals surface area contributed by atoms with Gasteiger partial charge in [-0.1, -0.05) is 25.1 Å². The van der Waals surface area contributed by atoms with Gasteiger partial charge in [-0.3, -0.25) is 24.6 Å². The van der Waals surface area contributed by atoms with Crippen LogP contribution in [0, 0.1) is 10.1 Å². The van der Waals surface area contributed by atoms with Crippen LogP contribution in [0.5, 0.6) is 5.75 Å². The number of nitrogens with one attached hydrogen (secondary N) is 2. The molecule has 148 valence electrons. The monoisotopic (exact) mass is 386 g/mol. The number of nitro benzene ring substituents is 1. The molecule has 0 heterocycles. The molecule has 9 nitrogen and oxygen atoms in total. The third-order valence-corrected chi connectivity index (χ3v) is 3.90. The Morgan fingerprint density at radius 1 is 1.07 bits per heavy atom. The fourth-order valence-corrected chi connectivity index (χ4v) is 2.52. The molecule has 0 spiro atoms. The summed E-state index contributed by atoms with van der Waals surface area (Å²) in [6.45, 7) is 2.29. The fraction of sp³-hybridized carbons (Fsp3) is 0.263. The molecule has 2 N–H and O–H groups in total. The van der Waals surface area contributed by atoms with Gasteiger partial charge in [-0.25, -0.2) is 0 Å². The summed E-state index contributed by atoms with van der Waals surface area (Å²) in [5, 5.41) is 16.2. The van der Waals surface area contributed by atoms with Gasteiger partial charge < -0.3 is 15.4 Å². The number of non-ortho nitro benzene ring substituents is 1. The van der Waals surface area contributed by atoms with Crippen molar-refractivity contribution < 1.29 is 19.2 Å². The zero-order chi connectivity index (χ0) is 20.5. The van der Waals surface area contributed by atoms with E-state index >= 15 is 0 Å². The Morgan fingerprint density at radius 2 is 1.75 bits per heavy atom. The van der Waals surface area contributed by atoms with E-state index in [1.54, 1.807) is 35.2 Å². The van der Waals surface area contributed by atoms with Crippen LogP contribution >= 0.6 is 0 Å². The number of para-hydroxylation sites is 2. The zero-order valence-electron chi connectivity index (χ0n) is 15.7. The summed E-state index contributed by atoms with van der Waals surface area (Å²) >= 11 is 0. The van der Waals surface area contributed by atoms with Crippen LogP contribution in [0.4, 0.5) is 17.1 Å². The summed E-state index contributed by atoms with van der Waals surface area (Å²) in [6.07, 6.45) is 0. The quantitative estimate of drug-likeness (QED) is 0.506. The normalized spacial score (nSPS) is 10.4. The summed E-state index contributed by atoms with van der Waals surface area (Å²) in [5.41, 5.74) is 0.766. The lowest BCUT2D eigenvalue weighted by molar-refractivity contribution is -0.384. The van der Waals surface area contributed by atoms with Gasteiger partial charge in [-0.2, -0.15) is 0 Å². The molecule has 2 aromatic carbocycles. The SMILES string of the molecule is CCN(CC(=O)Nc1cccc([N+](=O)[O-])c1)CC(=O)Nc1ccccc1OC. The van der Waals surface area contributed by atoms with E-state index < -0.39 is 4.92 Å². The van der Waals surface area contributed by atoms with E-state index in [0.29, 0.717) is 23.7 Å². The predicted molar refractivity (Wildman–Crippen MR) is 105 cm³/mol. The van der Waals surface area contributed by atoms with Gasteiger partial charge in [0.25, 0.3) is 5.69 Å². The Labute approximate surface area is 162 Å². The third-order valence-electron chi connectivity index (χ3n) is 3.90. The second-order valence-electron chi connectivity index (χ2n) is 5.91. The highest BCUT2D eigenvalue weighted by Gasteiger charge is 2.15. The number of nitro groups is 1. The highest BCUT2D eigenvalue weighted by molar-refractivity contribution is 5.95. The van der Waals surface area contributed by atoms with Crippen molar-refractivity contribution in [1.82, 2.24) is 4.90 Å². The van der Waals surface area contributed by atoms with Crippen molar-refractivity contribution in [3.63, 3.8) is 0 Å². The van der Waals surface area contributed by atoms with E-state index in [9.17, 15) is 19.7 Å². The lowest BCUT2D eigenvalue weighted by Crippen LogP contribution is -2.38. The molecule has 2 rings (SSSR count). The molecular weight excluding hydrogens is 364 g/mol. The molecular formula is C19H22N4O5. The van der Waals surface area contributed by atoms with Crippen molar-refractivity contribution in [2.75, 3.05) is 37.4 Å². The molecule has 0 aliphatic carbocycles. The van der Waals surface area contributed by atoms with Gasteiger partial charge in [0, 0.05) is 17.8 Å². The summed E-state index contributed by atoms with van der Waals surface area (Å²) in [6, 6.07) is 12.7. The van der Waals surface area contributed by atoms with Crippen molar-refractivity contribution >= 4 is 28.9 Å². The van der Waals surface area contributed by atoms with Gasteiger partial charge in [-0.15, -0.1) is 0 Å². The summed E-state index contributed by atoms with van der Waals surface area (Å²) in [4.78, 5) is 36.5. The van der Waals surface area contributed by atoms with Gasteiger partial charge in [0.15, 0.2) is 0 Å². The second kappa shape index (κ2) is 10.0. The number of amides is 2. The highest BCUT2D eigenvalue weighted by atomic mass is 16.6. The first-order valence-corrected chi connectivity index (χ1v) is 8.62. The van der Waals surface area contributed by atoms with E-state index in [1.807, 2.05) is 6.92 Å². The summed E-state index contributed by atoms with van der Waals surface area (Å²) in [7, 11) is 1.52. The van der Waals surface area contributed by atoms with E-state index in [2.05, 4.69) is 10.6 Å². The summed E-state index contributed by atoms with van der Waals surface area (Å²) in [5.74, 6) is -0.107. The minimum Gasteiger partial charge on any atom is -0.495 e. The van der Waals surface area contributed by atoms with Crippen molar-refractivity contribution in [1.29, 1.82) is 0 Å². The molecule has 0 unspecified atom stereocenters. The minimum absolute atomic E-state index is 0.0108. The molecule has 0 aromatic heterocycles. The van der Waals surface area contributed by atoms with Gasteiger partial charge in [0.2, 0.25) is 11.8 Å². The number of hydrogen-bond acceptors (Lipinski definition) is 6. The Hall–Kier alpha value is -3.46. The van der Waals surface area contributed by atoms with E-state index in [1.165, 1.54) is 25.3 Å². The average Bonchev–Trinajstić information content (AvgIpc) is 2.67. The molecule has 0 saturated carbocycles. The number of ether oxygens (including phenoxy) is 1. The maximum atomic E-state index is 12.3. The number of likely N-dealkylation sites (N-methyl/N-ethyl adjacent to an activating group) is 1. The Bertz CT molecular complexity index is 856. The molecule has 0 saturated heterocycles. The van der Waals surface area contributed by atoms with E-state index in [4.69, 9.17) is 4.74 Å². The number of nitrogens with zero attached hydrogens (tertiary/aromatic N) is 2. The van der Waals surface area contributed by atoms with Crippen LogP contribution < -0.4 is 15.4 Å². The topological polar surface area (TPSA) is 114 Å². The largest absolute Gasteiger partial charge is 0.495 e. The predicted octanol–water partition coefficient (Wildman–Crippen LogP) is 2.50. The molecule has 0 fully saturated rings. The van der Waals surface area contributed by atoms with Gasteiger partial charge in [0.05, 0.1) is 30.8 Å². The van der Waals surface area contributed by atoms with Crippen LogP contribution in [0.15, 0.2) is 48.5 Å². The van der Waals surface area contributed by atoms with Gasteiger partial charge in [-0.05, 0) is 24.7 Å². The van der Waals surface area contributed by atoms with Crippen molar-refractivity contribution in [2.24, 2.45) is 0 Å². The Morgan fingerprint density at radius 3 is 2.39 bits per heavy atom. The number of benzene rings is 2. The maximum Gasteiger partial charge on any atom is 0.271 e. The smallest absolute Gasteiger partial charge is 0.271 e. The summed E-state index contributed by atoms with van der Waals surface area (Å²) < 4.78 is 5.19. The molecule has 0 aliphatic heterocycles. The van der Waals surface area contributed by atoms with Crippen LogP contribution in [0.1, 0.15) is 6.92 Å². The zero-order valence-corrected chi connectivity index (χ0v) is 15.7. The second-order valence-corrected chi connectivity index (χ2v) is 5.91. The Kier molecular flexibility index (Phi) is 7.46. The van der Waals surface area contributed by atoms with Crippen molar-refractivity contribution in [3.05, 3.63) is 58.6 Å². The van der Waals surface area contributed by atoms with Crippen LogP contribution in [0.2, 0.25) is 0 Å². The van der Waals surface area contributed by atoms with E-state index in [0.717, 1.165) is 0 Å². The van der Waals surface area contributed by atoms with Crippen LogP contribution in [0.25, 0.3) is 0 Å². The number of hydrogen-bond donors (Lipinski definition) is 2.